The summed E-state index contributed by atoms with van der Waals surface area (Å²) in [6.07, 6.45) is 1.95. The molecule has 0 aliphatic carbocycles. The molecule has 0 aliphatic rings. The molecule has 0 unspecified atom stereocenters. The molecule has 0 bridgehead atoms. The highest BCUT2D eigenvalue weighted by atomic mass is 32.2. The summed E-state index contributed by atoms with van der Waals surface area (Å²) in [6.45, 7) is 2.96. The molecule has 0 aromatic heterocycles. The van der Waals surface area contributed by atoms with Gasteiger partial charge in [0, 0.05) is 25.9 Å². The van der Waals surface area contributed by atoms with Crippen LogP contribution in [0.1, 0.15) is 17.3 Å². The van der Waals surface area contributed by atoms with E-state index in [4.69, 9.17) is 0 Å². The van der Waals surface area contributed by atoms with Crippen molar-refractivity contribution < 1.29 is 9.72 Å². The van der Waals surface area contributed by atoms with Crippen LogP contribution in [0.15, 0.2) is 18.2 Å². The predicted octanol–water partition coefficient (Wildman–Crippen LogP) is 2.46. The van der Waals surface area contributed by atoms with Gasteiger partial charge in [0.05, 0.1) is 4.92 Å². The van der Waals surface area contributed by atoms with E-state index in [1.807, 2.05) is 13.2 Å². The summed E-state index contributed by atoms with van der Waals surface area (Å²) in [6, 6.07) is 4.76. The number of carbonyl (C=O) groups excluding carboxylic acids is 1. The molecule has 1 aromatic carbocycles. The standard InChI is InChI=1S/C13H19N3O3S/c1-4-14-11-7-5-6-10(12(11)16(18)19)13(17)15(2)8-9-20-3/h5-7,14H,4,8-9H2,1-3H3. The third kappa shape index (κ3) is 3.86. The summed E-state index contributed by atoms with van der Waals surface area (Å²) in [4.78, 5) is 24.6. The van der Waals surface area contributed by atoms with Crippen LogP contribution < -0.4 is 5.32 Å². The molecule has 0 heterocycles. The van der Waals surface area contributed by atoms with Crippen molar-refractivity contribution in [3.05, 3.63) is 33.9 Å². The molecular weight excluding hydrogens is 278 g/mol. The summed E-state index contributed by atoms with van der Waals surface area (Å²) < 4.78 is 0. The topological polar surface area (TPSA) is 75.5 Å². The number of benzene rings is 1. The molecule has 0 fully saturated rings. The van der Waals surface area contributed by atoms with Gasteiger partial charge in [-0.2, -0.15) is 11.8 Å². The number of nitrogens with zero attached hydrogens (tertiary/aromatic N) is 2. The lowest BCUT2D eigenvalue weighted by atomic mass is 10.1. The average molecular weight is 297 g/mol. The van der Waals surface area contributed by atoms with Gasteiger partial charge >= 0.3 is 5.69 Å². The molecule has 110 valence electrons. The molecule has 1 amide bonds. The van der Waals surface area contributed by atoms with Crippen molar-refractivity contribution in [2.24, 2.45) is 0 Å². The molecule has 1 aromatic rings. The second-order valence-corrected chi connectivity index (χ2v) is 5.19. The van der Waals surface area contributed by atoms with E-state index in [-0.39, 0.29) is 17.2 Å². The minimum absolute atomic E-state index is 0.122. The van der Waals surface area contributed by atoms with Crippen LogP contribution >= 0.6 is 11.8 Å². The van der Waals surface area contributed by atoms with E-state index in [9.17, 15) is 14.9 Å². The van der Waals surface area contributed by atoms with Crippen LogP contribution in [-0.2, 0) is 0 Å². The Bertz CT molecular complexity index is 494. The number of anilines is 1. The number of hydrogen-bond donors (Lipinski definition) is 1. The molecule has 0 saturated carbocycles. The number of para-hydroxylation sites is 1. The van der Waals surface area contributed by atoms with E-state index in [2.05, 4.69) is 5.32 Å². The van der Waals surface area contributed by atoms with E-state index in [1.54, 1.807) is 30.9 Å². The number of hydrogen-bond acceptors (Lipinski definition) is 5. The van der Waals surface area contributed by atoms with Gasteiger partial charge < -0.3 is 10.2 Å². The molecule has 0 radical (unpaired) electrons. The van der Waals surface area contributed by atoms with Crippen LogP contribution in [0.25, 0.3) is 0 Å². The third-order valence-electron chi connectivity index (χ3n) is 2.79. The van der Waals surface area contributed by atoms with Crippen LogP contribution in [0.4, 0.5) is 11.4 Å². The minimum atomic E-state index is -0.506. The maximum atomic E-state index is 12.3. The van der Waals surface area contributed by atoms with E-state index in [0.717, 1.165) is 5.75 Å². The number of nitro groups is 1. The molecule has 0 atom stereocenters. The summed E-state index contributed by atoms with van der Waals surface area (Å²) in [5.41, 5.74) is 0.342. The van der Waals surface area contributed by atoms with Crippen molar-refractivity contribution in [2.45, 2.75) is 6.92 Å². The molecule has 7 heteroatoms. The van der Waals surface area contributed by atoms with Gasteiger partial charge in [-0.1, -0.05) is 6.07 Å². The first kappa shape index (κ1) is 16.3. The normalized spacial score (nSPS) is 10.2. The Morgan fingerprint density at radius 3 is 2.75 bits per heavy atom. The predicted molar refractivity (Wildman–Crippen MR) is 82.6 cm³/mol. The molecule has 6 nitrogen and oxygen atoms in total. The van der Waals surface area contributed by atoms with E-state index in [1.165, 1.54) is 11.0 Å². The highest BCUT2D eigenvalue weighted by Gasteiger charge is 2.26. The van der Waals surface area contributed by atoms with Gasteiger partial charge in [-0.25, -0.2) is 0 Å². The van der Waals surface area contributed by atoms with Crippen molar-refractivity contribution >= 4 is 29.0 Å². The molecular formula is C13H19N3O3S. The van der Waals surface area contributed by atoms with Gasteiger partial charge in [0.25, 0.3) is 5.91 Å². The highest BCUT2D eigenvalue weighted by Crippen LogP contribution is 2.29. The molecule has 1 rings (SSSR count). The van der Waals surface area contributed by atoms with Gasteiger partial charge in [-0.3, -0.25) is 14.9 Å². The van der Waals surface area contributed by atoms with E-state index < -0.39 is 4.92 Å². The largest absolute Gasteiger partial charge is 0.380 e. The molecule has 0 saturated heterocycles. The number of thioether (sulfide) groups is 1. The SMILES string of the molecule is CCNc1cccc(C(=O)N(C)CCSC)c1[N+](=O)[O-]. The number of rotatable bonds is 7. The zero-order valence-corrected chi connectivity index (χ0v) is 12.7. The minimum Gasteiger partial charge on any atom is -0.380 e. The van der Waals surface area contributed by atoms with Crippen LogP contribution in [0.2, 0.25) is 0 Å². The Hall–Kier alpha value is -1.76. The Kier molecular flexibility index (Phi) is 6.30. The van der Waals surface area contributed by atoms with Gasteiger partial charge in [0.15, 0.2) is 0 Å². The van der Waals surface area contributed by atoms with E-state index in [0.29, 0.717) is 18.8 Å². The summed E-state index contributed by atoms with van der Waals surface area (Å²) in [7, 11) is 1.65. The summed E-state index contributed by atoms with van der Waals surface area (Å²) in [5, 5.41) is 14.2. The maximum Gasteiger partial charge on any atom is 0.305 e. The number of nitrogens with one attached hydrogen (secondary N) is 1. The maximum absolute atomic E-state index is 12.3. The fourth-order valence-electron chi connectivity index (χ4n) is 1.78. The lowest BCUT2D eigenvalue weighted by molar-refractivity contribution is -0.384. The van der Waals surface area contributed by atoms with Crippen LogP contribution in [-0.4, -0.2) is 47.9 Å². The smallest absolute Gasteiger partial charge is 0.305 e. The second kappa shape index (κ2) is 7.74. The Morgan fingerprint density at radius 2 is 2.20 bits per heavy atom. The molecule has 0 aliphatic heterocycles. The first-order valence-electron chi connectivity index (χ1n) is 6.28. The first-order chi connectivity index (χ1) is 9.52. The van der Waals surface area contributed by atoms with Crippen LogP contribution in [0.3, 0.4) is 0 Å². The number of carbonyl (C=O) groups is 1. The highest BCUT2D eigenvalue weighted by molar-refractivity contribution is 7.98. The molecule has 20 heavy (non-hydrogen) atoms. The van der Waals surface area contributed by atoms with Crippen molar-refractivity contribution in [3.63, 3.8) is 0 Å². The Morgan fingerprint density at radius 1 is 1.50 bits per heavy atom. The van der Waals surface area contributed by atoms with Crippen molar-refractivity contribution in [2.75, 3.05) is 37.5 Å². The molecule has 1 N–H and O–H groups in total. The van der Waals surface area contributed by atoms with Crippen LogP contribution in [0.5, 0.6) is 0 Å². The lowest BCUT2D eigenvalue weighted by Gasteiger charge is -2.17. The van der Waals surface area contributed by atoms with Gasteiger partial charge in [0.2, 0.25) is 0 Å². The molecule has 0 spiro atoms. The second-order valence-electron chi connectivity index (χ2n) is 4.21. The summed E-state index contributed by atoms with van der Waals surface area (Å²) >= 11 is 1.62. The van der Waals surface area contributed by atoms with Crippen molar-refractivity contribution in [1.29, 1.82) is 0 Å². The summed E-state index contributed by atoms with van der Waals surface area (Å²) in [5.74, 6) is 0.466. The number of amides is 1. The average Bonchev–Trinajstić information content (AvgIpc) is 2.43. The zero-order chi connectivity index (χ0) is 15.1. The quantitative estimate of drug-likeness (QED) is 0.618. The Balaban J connectivity index is 3.13. The third-order valence-corrected chi connectivity index (χ3v) is 3.38. The monoisotopic (exact) mass is 297 g/mol. The number of nitro benzene ring substituents is 1. The van der Waals surface area contributed by atoms with Crippen molar-refractivity contribution in [3.8, 4) is 0 Å². The zero-order valence-electron chi connectivity index (χ0n) is 11.9. The van der Waals surface area contributed by atoms with Gasteiger partial charge in [-0.15, -0.1) is 0 Å². The van der Waals surface area contributed by atoms with Crippen LogP contribution in [0, 0.1) is 10.1 Å². The fraction of sp³-hybridized carbons (Fsp3) is 0.462. The fourth-order valence-corrected chi connectivity index (χ4v) is 2.24. The van der Waals surface area contributed by atoms with Gasteiger partial charge in [0.1, 0.15) is 11.3 Å². The first-order valence-corrected chi connectivity index (χ1v) is 7.68. The van der Waals surface area contributed by atoms with Crippen molar-refractivity contribution in [1.82, 2.24) is 4.90 Å². The van der Waals surface area contributed by atoms with E-state index >= 15 is 0 Å². The lowest BCUT2D eigenvalue weighted by Crippen LogP contribution is -2.29. The van der Waals surface area contributed by atoms with Gasteiger partial charge in [-0.05, 0) is 25.3 Å². The Labute approximate surface area is 122 Å².